The molecule has 3 aliphatic carbocycles. The number of benzene rings is 3. The molecule has 0 fully saturated rings. The predicted molar refractivity (Wildman–Crippen MR) is 187 cm³/mol. The fourth-order valence-corrected chi connectivity index (χ4v) is 8.11. The maximum absolute atomic E-state index is 3.27. The van der Waals surface area contributed by atoms with Crippen molar-refractivity contribution in [2.45, 2.75) is 87.5 Å². The Morgan fingerprint density at radius 1 is 0.911 bits per heavy atom. The first-order valence-electron chi connectivity index (χ1n) is 15.8. The number of aryl methyl sites for hydroxylation is 1. The summed E-state index contributed by atoms with van der Waals surface area (Å²) in [5, 5.41) is 7.17. The van der Waals surface area contributed by atoms with E-state index in [2.05, 4.69) is 135 Å². The zero-order valence-electron chi connectivity index (χ0n) is 28.5. The van der Waals surface area contributed by atoms with Gasteiger partial charge in [-0.2, -0.15) is 40.5 Å². The monoisotopic (exact) mass is 730 g/mol. The molecule has 1 aromatic heterocycles. The Balaban J connectivity index is 0.000000288. The molecule has 45 heavy (non-hydrogen) atoms. The Hall–Kier alpha value is -1.70. The minimum absolute atomic E-state index is 0. The van der Waals surface area contributed by atoms with Crippen LogP contribution in [0.1, 0.15) is 111 Å². The first-order chi connectivity index (χ1) is 20.5. The van der Waals surface area contributed by atoms with Gasteiger partial charge in [-0.3, -0.25) is 0 Å². The van der Waals surface area contributed by atoms with Gasteiger partial charge in [0.15, 0.2) is 0 Å². The van der Waals surface area contributed by atoms with Crippen LogP contribution in [-0.2, 0) is 24.2 Å². The molecule has 236 valence electrons. The van der Waals surface area contributed by atoms with E-state index in [9.17, 15) is 0 Å². The number of halogens is 2. The van der Waals surface area contributed by atoms with E-state index in [1.54, 1.807) is 63.7 Å². The summed E-state index contributed by atoms with van der Waals surface area (Å²) in [6, 6.07) is 13.8. The van der Waals surface area contributed by atoms with Gasteiger partial charge in [0, 0.05) is 0 Å². The van der Waals surface area contributed by atoms with Crippen molar-refractivity contribution >= 4 is 30.9 Å². The smallest absolute Gasteiger partial charge is 0.0219 e. The van der Waals surface area contributed by atoms with Crippen molar-refractivity contribution in [3.8, 4) is 11.1 Å². The van der Waals surface area contributed by atoms with Crippen molar-refractivity contribution < 1.29 is 49.0 Å². The van der Waals surface area contributed by atoms with Gasteiger partial charge in [-0.05, 0) is 65.3 Å². The summed E-state index contributed by atoms with van der Waals surface area (Å²) < 4.78 is 1.51. The normalized spacial score (nSPS) is 20.4. The summed E-state index contributed by atoms with van der Waals surface area (Å²) in [6.07, 6.45) is 8.51. The minimum atomic E-state index is 0. The predicted octanol–water partition coefficient (Wildman–Crippen LogP) is 5.88. The van der Waals surface area contributed by atoms with Crippen LogP contribution < -0.4 is 24.8 Å². The summed E-state index contributed by atoms with van der Waals surface area (Å²) >= 11 is 3.29. The molecule has 7 rings (SSSR count). The molecule has 4 heteroatoms. The van der Waals surface area contributed by atoms with Crippen LogP contribution in [0.5, 0.6) is 0 Å². The Morgan fingerprint density at radius 2 is 1.56 bits per heavy atom. The SMILES string of the molecule is C[C](C)=[Zr+2].Cc1cc2c(c(C)c1C)C(C)c1c3c(c4ccccc4c1-2)C(C)C(C)C(C)[C-]3C.[C-]1=C(c2ccsc2)C=CC1.[Cl-].[Cl-]. The number of hydrogen-bond acceptors (Lipinski definition) is 1. The zero-order valence-corrected chi connectivity index (χ0v) is 33.2. The van der Waals surface area contributed by atoms with Crippen LogP contribution >= 0.6 is 11.3 Å². The van der Waals surface area contributed by atoms with E-state index in [-0.39, 0.29) is 24.8 Å². The van der Waals surface area contributed by atoms with Crippen LogP contribution in [0.4, 0.5) is 0 Å². The average molecular weight is 733 g/mol. The van der Waals surface area contributed by atoms with Crippen molar-refractivity contribution in [3.63, 3.8) is 0 Å². The third-order valence-corrected chi connectivity index (χ3v) is 11.0. The molecule has 1 heterocycles. The number of rotatable bonds is 1. The molecular formula is C41H46Cl2SZr-2. The number of fused-ring (bicyclic) bond motifs is 8. The van der Waals surface area contributed by atoms with Gasteiger partial charge >= 0.3 is 41.3 Å². The van der Waals surface area contributed by atoms with Crippen LogP contribution in [0.25, 0.3) is 27.5 Å². The topological polar surface area (TPSA) is 0 Å². The quantitative estimate of drug-likeness (QED) is 0.215. The molecule has 0 nitrogen and oxygen atoms in total. The zero-order chi connectivity index (χ0) is 31.2. The molecule has 0 saturated carbocycles. The van der Waals surface area contributed by atoms with E-state index in [1.807, 2.05) is 0 Å². The summed E-state index contributed by atoms with van der Waals surface area (Å²) in [4.78, 5) is 0. The van der Waals surface area contributed by atoms with Gasteiger partial charge in [0.2, 0.25) is 0 Å². The average Bonchev–Trinajstić information content (AvgIpc) is 3.75. The minimum Gasteiger partial charge on any atom is -1.00 e. The number of hydrogen-bond donors (Lipinski definition) is 0. The Bertz CT molecular complexity index is 1740. The second kappa shape index (κ2) is 15.5. The summed E-state index contributed by atoms with van der Waals surface area (Å²) in [5.41, 5.74) is 16.3. The Kier molecular flexibility index (Phi) is 13.0. The first-order valence-corrected chi connectivity index (χ1v) is 18.0. The van der Waals surface area contributed by atoms with Gasteiger partial charge in [-0.25, -0.2) is 0 Å². The van der Waals surface area contributed by atoms with Crippen LogP contribution in [0.2, 0.25) is 0 Å². The maximum Gasteiger partial charge on any atom is -0.0219 e. The van der Waals surface area contributed by atoms with E-state index >= 15 is 0 Å². The van der Waals surface area contributed by atoms with Crippen molar-refractivity contribution in [3.05, 3.63) is 116 Å². The summed E-state index contributed by atoms with van der Waals surface area (Å²) in [7, 11) is 0. The van der Waals surface area contributed by atoms with Crippen molar-refractivity contribution in [1.82, 2.24) is 0 Å². The third kappa shape index (κ3) is 6.97. The van der Waals surface area contributed by atoms with E-state index in [4.69, 9.17) is 0 Å². The molecule has 0 aliphatic heterocycles. The molecule has 0 saturated heterocycles. The van der Waals surface area contributed by atoms with Crippen molar-refractivity contribution in [2.24, 2.45) is 11.8 Å². The standard InChI is InChI=1S/C29H33.C9H7S.C3H6.2ClH.Zr/c1-14-13-24-25(18(5)15(14)2)21(8)28-27-20(7)17(4)16(3)19(6)26(27)22-11-9-10-12-23(22)29(24)28;1-2-4-8(3-1)9-5-6-10-7-9;1-3-2;;;/h9-13,16-17,19,21H,1-8H3;1,3,5-7H,2H2;1-2H3;2*1H;/q2*-1;;;;+2/p-2. The van der Waals surface area contributed by atoms with Crippen LogP contribution in [-0.4, -0.2) is 3.21 Å². The van der Waals surface area contributed by atoms with Crippen molar-refractivity contribution in [2.75, 3.05) is 0 Å². The molecule has 4 atom stereocenters. The maximum atomic E-state index is 3.27. The number of allylic oxidation sites excluding steroid dienone is 4. The molecule has 0 radical (unpaired) electrons. The molecule has 0 spiro atoms. The van der Waals surface area contributed by atoms with Crippen LogP contribution in [0, 0.1) is 44.6 Å². The van der Waals surface area contributed by atoms with E-state index in [0.29, 0.717) is 23.7 Å². The van der Waals surface area contributed by atoms with Gasteiger partial charge in [0.05, 0.1) is 0 Å². The van der Waals surface area contributed by atoms with Crippen LogP contribution in [0.15, 0.2) is 59.3 Å². The van der Waals surface area contributed by atoms with Gasteiger partial charge in [0.25, 0.3) is 0 Å². The van der Waals surface area contributed by atoms with Gasteiger partial charge < -0.3 is 24.8 Å². The fraction of sp³-hybridized carbons (Fsp3) is 0.366. The third-order valence-electron chi connectivity index (χ3n) is 10.3. The largest absolute Gasteiger partial charge is 1.00 e. The number of thiophene rings is 1. The molecule has 4 aromatic rings. The fourth-order valence-electron chi connectivity index (χ4n) is 7.46. The first kappa shape index (κ1) is 37.8. The van der Waals surface area contributed by atoms with Gasteiger partial charge in [0.1, 0.15) is 0 Å². The molecule has 0 amide bonds. The van der Waals surface area contributed by atoms with Crippen molar-refractivity contribution in [1.29, 1.82) is 0 Å². The van der Waals surface area contributed by atoms with Crippen LogP contribution in [0.3, 0.4) is 0 Å². The van der Waals surface area contributed by atoms with E-state index < -0.39 is 0 Å². The molecular weight excluding hydrogens is 687 g/mol. The van der Waals surface area contributed by atoms with E-state index in [0.717, 1.165) is 6.42 Å². The Morgan fingerprint density at radius 3 is 2.13 bits per heavy atom. The summed E-state index contributed by atoms with van der Waals surface area (Å²) in [6.45, 7) is 23.3. The van der Waals surface area contributed by atoms with Gasteiger partial charge in [-0.1, -0.05) is 112 Å². The Labute approximate surface area is 304 Å². The molecule has 4 unspecified atom stereocenters. The second-order valence-electron chi connectivity index (χ2n) is 13.1. The molecule has 3 aliphatic rings. The van der Waals surface area contributed by atoms with Gasteiger partial charge in [-0.15, -0.1) is 22.8 Å². The molecule has 3 aromatic carbocycles. The molecule has 0 N–H and O–H groups in total. The van der Waals surface area contributed by atoms with E-state index in [1.165, 1.54) is 52.9 Å². The molecule has 0 bridgehead atoms. The second-order valence-corrected chi connectivity index (χ2v) is 16.3. The summed E-state index contributed by atoms with van der Waals surface area (Å²) in [5.74, 6) is 3.94.